The smallest absolute Gasteiger partial charge is 0.141 e. The number of benzene rings is 2. The third-order valence-electron chi connectivity index (χ3n) is 8.18. The van der Waals surface area contributed by atoms with Gasteiger partial charge in [0.2, 0.25) is 0 Å². The van der Waals surface area contributed by atoms with Crippen molar-refractivity contribution in [2.75, 3.05) is 0 Å². The molecule has 0 N–H and O–H groups in total. The van der Waals surface area contributed by atoms with Gasteiger partial charge in [-0.1, -0.05) is 45.4 Å². The first kappa shape index (κ1) is 24.8. The van der Waals surface area contributed by atoms with Crippen molar-refractivity contribution >= 4 is 0 Å². The number of hydrogen-bond acceptors (Lipinski definition) is 1. The molecule has 2 aromatic carbocycles. The van der Waals surface area contributed by atoms with Gasteiger partial charge in [-0.05, 0) is 104 Å². The molecule has 4 heteroatoms. The lowest BCUT2D eigenvalue weighted by atomic mass is 9.75. The van der Waals surface area contributed by atoms with Gasteiger partial charge in [0.05, 0.1) is 5.56 Å². The monoisotopic (exact) mass is 467 g/mol. The average Bonchev–Trinajstić information content (AvgIpc) is 2.83. The van der Waals surface area contributed by atoms with Crippen LogP contribution in [0, 0.1) is 34.7 Å². The highest BCUT2D eigenvalue weighted by Gasteiger charge is 2.29. The van der Waals surface area contributed by atoms with Gasteiger partial charge in [-0.15, -0.1) is 0 Å². The van der Waals surface area contributed by atoms with Crippen LogP contribution in [0.1, 0.15) is 117 Å². The largest absolute Gasteiger partial charge is 0.207 e. The molecule has 1 saturated carbocycles. The van der Waals surface area contributed by atoms with Crippen LogP contribution in [0.2, 0.25) is 0 Å². The number of unbranched alkanes of at least 4 members (excludes halogenated alkanes) is 4. The predicted octanol–water partition coefficient (Wildman–Crippen LogP) is 8.88. The van der Waals surface area contributed by atoms with Crippen LogP contribution in [-0.2, 0) is 12.8 Å². The van der Waals surface area contributed by atoms with E-state index < -0.39 is 17.5 Å². The summed E-state index contributed by atoms with van der Waals surface area (Å²) >= 11 is 0. The van der Waals surface area contributed by atoms with Crippen LogP contribution in [0.25, 0.3) is 0 Å². The quantitative estimate of drug-likeness (QED) is 0.356. The van der Waals surface area contributed by atoms with Crippen molar-refractivity contribution < 1.29 is 13.2 Å². The molecule has 0 heterocycles. The highest BCUT2D eigenvalue weighted by molar-refractivity contribution is 5.43. The van der Waals surface area contributed by atoms with Gasteiger partial charge >= 0.3 is 0 Å². The maximum absolute atomic E-state index is 15.2. The Kier molecular flexibility index (Phi) is 8.35. The van der Waals surface area contributed by atoms with E-state index in [1.54, 1.807) is 18.2 Å². The first-order valence-corrected chi connectivity index (χ1v) is 13.2. The number of nitriles is 1. The molecule has 2 aliphatic rings. The predicted molar refractivity (Wildman–Crippen MR) is 130 cm³/mol. The third kappa shape index (κ3) is 5.68. The summed E-state index contributed by atoms with van der Waals surface area (Å²) < 4.78 is 44.5. The van der Waals surface area contributed by atoms with E-state index in [1.807, 2.05) is 6.07 Å². The maximum atomic E-state index is 15.2. The zero-order chi connectivity index (χ0) is 24.1. The van der Waals surface area contributed by atoms with Crippen molar-refractivity contribution in [2.24, 2.45) is 5.92 Å². The van der Waals surface area contributed by atoms with Gasteiger partial charge in [0.25, 0.3) is 0 Å². The summed E-state index contributed by atoms with van der Waals surface area (Å²) in [6, 6.07) is 7.93. The minimum Gasteiger partial charge on any atom is -0.207 e. The van der Waals surface area contributed by atoms with E-state index in [-0.39, 0.29) is 23.0 Å². The maximum Gasteiger partial charge on any atom is 0.141 e. The number of hydrogen-bond donors (Lipinski definition) is 0. The summed E-state index contributed by atoms with van der Waals surface area (Å²) in [6.45, 7) is 2.24. The topological polar surface area (TPSA) is 23.8 Å². The summed E-state index contributed by atoms with van der Waals surface area (Å²) in [5.41, 5.74) is 2.63. The number of rotatable bonds is 8. The zero-order valence-corrected chi connectivity index (χ0v) is 20.3. The van der Waals surface area contributed by atoms with Crippen molar-refractivity contribution in [3.8, 4) is 6.07 Å². The fraction of sp³-hybridized carbons (Fsp3) is 0.567. The minimum absolute atomic E-state index is 0.0325. The van der Waals surface area contributed by atoms with Crippen molar-refractivity contribution in [1.29, 1.82) is 5.26 Å². The van der Waals surface area contributed by atoms with Crippen LogP contribution in [0.4, 0.5) is 13.2 Å². The number of halogens is 3. The second-order valence-electron chi connectivity index (χ2n) is 10.5. The highest BCUT2D eigenvalue weighted by Crippen LogP contribution is 2.41. The Morgan fingerprint density at radius 1 is 0.794 bits per heavy atom. The van der Waals surface area contributed by atoms with Gasteiger partial charge in [-0.3, -0.25) is 0 Å². The van der Waals surface area contributed by atoms with Crippen LogP contribution < -0.4 is 0 Å². The molecule has 182 valence electrons. The summed E-state index contributed by atoms with van der Waals surface area (Å²) in [5.74, 6) is -0.797. The van der Waals surface area contributed by atoms with E-state index in [0.717, 1.165) is 48.3 Å². The molecular weight excluding hydrogens is 431 g/mol. The fourth-order valence-corrected chi connectivity index (χ4v) is 6.16. The van der Waals surface area contributed by atoms with E-state index in [0.29, 0.717) is 19.3 Å². The number of fused-ring (bicyclic) bond motifs is 1. The molecule has 0 bridgehead atoms. The van der Waals surface area contributed by atoms with Crippen molar-refractivity contribution in [3.63, 3.8) is 0 Å². The normalized spacial score (nSPS) is 22.3. The lowest BCUT2D eigenvalue weighted by molar-refractivity contribution is 0.301. The Labute approximate surface area is 202 Å². The number of aryl methyl sites for hydroxylation is 1. The van der Waals surface area contributed by atoms with Crippen LogP contribution >= 0.6 is 0 Å². The Hall–Kier alpha value is -2.28. The van der Waals surface area contributed by atoms with E-state index in [1.165, 1.54) is 44.6 Å². The third-order valence-corrected chi connectivity index (χ3v) is 8.18. The van der Waals surface area contributed by atoms with Gasteiger partial charge in [0, 0.05) is 5.56 Å². The summed E-state index contributed by atoms with van der Waals surface area (Å²) in [6.07, 6.45) is 13.8. The molecule has 2 aromatic rings. The first-order valence-electron chi connectivity index (χ1n) is 13.2. The summed E-state index contributed by atoms with van der Waals surface area (Å²) in [5, 5.41) is 9.05. The van der Waals surface area contributed by atoms with Crippen molar-refractivity contribution in [2.45, 2.75) is 102 Å². The lowest BCUT2D eigenvalue weighted by Gasteiger charge is -2.30. The summed E-state index contributed by atoms with van der Waals surface area (Å²) in [4.78, 5) is 0. The second kappa shape index (κ2) is 11.4. The standard InChI is InChI=1S/C30H36F3N/c1-2-3-4-5-6-7-20-8-10-21(11-9-20)25-17-28(32)30(29(33)18-25)23-13-12-22-14-26(19-34)27(31)16-24(22)15-23/h14,16-18,20-21,23H,2-13,15H2,1H3. The van der Waals surface area contributed by atoms with Crippen LogP contribution in [0.3, 0.4) is 0 Å². The first-order chi connectivity index (χ1) is 16.5. The number of nitrogens with zero attached hydrogens (tertiary/aromatic N) is 1. The molecule has 0 amide bonds. The Morgan fingerprint density at radius 3 is 2.18 bits per heavy atom. The second-order valence-corrected chi connectivity index (χ2v) is 10.5. The van der Waals surface area contributed by atoms with E-state index >= 15 is 8.78 Å². The van der Waals surface area contributed by atoms with Gasteiger partial charge in [0.1, 0.15) is 23.5 Å². The molecule has 1 fully saturated rings. The molecule has 2 aliphatic carbocycles. The van der Waals surface area contributed by atoms with Crippen molar-refractivity contribution in [3.05, 3.63) is 69.5 Å². The van der Waals surface area contributed by atoms with Crippen LogP contribution in [0.15, 0.2) is 24.3 Å². The van der Waals surface area contributed by atoms with E-state index in [4.69, 9.17) is 5.26 Å². The molecule has 4 rings (SSSR count). The zero-order valence-electron chi connectivity index (χ0n) is 20.3. The van der Waals surface area contributed by atoms with Gasteiger partial charge in [-0.25, -0.2) is 13.2 Å². The molecule has 1 nitrogen and oxygen atoms in total. The molecule has 0 aliphatic heterocycles. The van der Waals surface area contributed by atoms with Gasteiger partial charge in [0.15, 0.2) is 0 Å². The van der Waals surface area contributed by atoms with Gasteiger partial charge in [-0.2, -0.15) is 5.26 Å². The van der Waals surface area contributed by atoms with Crippen LogP contribution in [0.5, 0.6) is 0 Å². The van der Waals surface area contributed by atoms with E-state index in [9.17, 15) is 4.39 Å². The average molecular weight is 468 g/mol. The molecule has 1 unspecified atom stereocenters. The van der Waals surface area contributed by atoms with E-state index in [2.05, 4.69) is 6.92 Å². The molecule has 0 radical (unpaired) electrons. The Balaban J connectivity index is 1.39. The fourth-order valence-electron chi connectivity index (χ4n) is 6.16. The Morgan fingerprint density at radius 2 is 1.50 bits per heavy atom. The molecular formula is C30H36F3N. The molecule has 0 saturated heterocycles. The lowest BCUT2D eigenvalue weighted by Crippen LogP contribution is -2.18. The molecule has 1 atom stereocenters. The summed E-state index contributed by atoms with van der Waals surface area (Å²) in [7, 11) is 0. The minimum atomic E-state index is -0.560. The van der Waals surface area contributed by atoms with Gasteiger partial charge < -0.3 is 0 Å². The molecule has 0 aromatic heterocycles. The molecule has 34 heavy (non-hydrogen) atoms. The van der Waals surface area contributed by atoms with Crippen molar-refractivity contribution in [1.82, 2.24) is 0 Å². The highest BCUT2D eigenvalue weighted by atomic mass is 19.1. The SMILES string of the molecule is CCCCCCCC1CCC(c2cc(F)c(C3CCc4cc(C#N)c(F)cc4C3)c(F)c2)CC1. The molecule has 0 spiro atoms. The van der Waals surface area contributed by atoms with Crippen LogP contribution in [-0.4, -0.2) is 0 Å². The Bertz CT molecular complexity index is 1010.